The lowest BCUT2D eigenvalue weighted by Crippen LogP contribution is -2.06. The van der Waals surface area contributed by atoms with Gasteiger partial charge >= 0.3 is 0 Å². The molecule has 6 heterocycles. The van der Waals surface area contributed by atoms with Crippen LogP contribution in [0.2, 0.25) is 0 Å². The van der Waals surface area contributed by atoms with E-state index in [1.54, 1.807) is 0 Å². The lowest BCUT2D eigenvalue weighted by atomic mass is 10.1. The Kier molecular flexibility index (Phi) is 8.79. The molecule has 5 aromatic heterocycles. The Labute approximate surface area is 373 Å². The Balaban J connectivity index is 0.000000142. The number of para-hydroxylation sites is 12. The largest absolute Gasteiger partial charge is 0.296 e. The van der Waals surface area contributed by atoms with Crippen LogP contribution in [0.4, 0.5) is 8.78 Å². The maximum Gasteiger partial charge on any atom is 0.220 e. The number of hydrogen-bond acceptors (Lipinski definition) is 5. The average Bonchev–Trinajstić information content (AvgIpc) is 4.20. The number of hydrogen-bond donors (Lipinski definition) is 0. The van der Waals surface area contributed by atoms with Crippen molar-refractivity contribution in [2.45, 2.75) is 6.42 Å². The topological polar surface area (TPSA) is 110 Å². The number of rotatable bonds is 2. The molecule has 8 aromatic carbocycles. The number of benzene rings is 8. The monoisotopic (exact) mass is 858 g/mol. The van der Waals surface area contributed by atoms with Gasteiger partial charge in [0, 0.05) is 6.42 Å². The smallest absolute Gasteiger partial charge is 0.220 e. The number of fused-ring (bicyclic) bond motifs is 15. The summed E-state index contributed by atoms with van der Waals surface area (Å²) in [5, 5.41) is 18.6. The first-order valence-electron chi connectivity index (χ1n) is 21.2. The van der Waals surface area contributed by atoms with Crippen LogP contribution in [0, 0.1) is 34.3 Å². The molecule has 0 spiro atoms. The average molecular weight is 859 g/mol. The van der Waals surface area contributed by atoms with Gasteiger partial charge in [0.15, 0.2) is 11.6 Å². The van der Waals surface area contributed by atoms with Crippen molar-refractivity contribution in [1.29, 1.82) is 10.5 Å². The Morgan fingerprint density at radius 1 is 0.409 bits per heavy atom. The van der Waals surface area contributed by atoms with Gasteiger partial charge in [0.25, 0.3) is 0 Å². The summed E-state index contributed by atoms with van der Waals surface area (Å²) in [5.41, 5.74) is 14.8. The van der Waals surface area contributed by atoms with Crippen LogP contribution in [0.15, 0.2) is 182 Å². The number of aromatic nitrogens is 8. The highest BCUT2D eigenvalue weighted by Gasteiger charge is 2.25. The molecular formula is C54H32F2N10. The molecule has 0 saturated carbocycles. The third-order valence-electron chi connectivity index (χ3n) is 12.1. The third-order valence-corrected chi connectivity index (χ3v) is 12.1. The molecule has 14 rings (SSSR count). The van der Waals surface area contributed by atoms with Gasteiger partial charge in [0.1, 0.15) is 18.0 Å². The Morgan fingerprint density at radius 2 is 0.879 bits per heavy atom. The van der Waals surface area contributed by atoms with E-state index in [1.807, 2.05) is 78.9 Å². The molecular weight excluding hydrogens is 827 g/mol. The highest BCUT2D eigenvalue weighted by atomic mass is 19.2. The molecule has 0 amide bonds. The van der Waals surface area contributed by atoms with Crippen LogP contribution in [-0.2, 0) is 6.42 Å². The molecule has 0 fully saturated rings. The first-order valence-corrected chi connectivity index (χ1v) is 21.2. The fourth-order valence-electron chi connectivity index (χ4n) is 9.30. The highest BCUT2D eigenvalue weighted by Crippen LogP contribution is 2.37. The second-order valence-electron chi connectivity index (χ2n) is 15.8. The van der Waals surface area contributed by atoms with Crippen LogP contribution in [0.5, 0.6) is 0 Å². The van der Waals surface area contributed by atoms with Gasteiger partial charge in [-0.2, -0.15) is 10.5 Å². The molecule has 10 nitrogen and oxygen atoms in total. The fraction of sp³-hybridized carbons (Fsp3) is 0.0185. The minimum absolute atomic E-state index is 0.264. The van der Waals surface area contributed by atoms with Gasteiger partial charge in [0.2, 0.25) is 11.6 Å². The van der Waals surface area contributed by atoms with Crippen molar-refractivity contribution in [2.24, 2.45) is 0 Å². The van der Waals surface area contributed by atoms with Gasteiger partial charge in [-0.05, 0) is 96.6 Å². The minimum atomic E-state index is -1.08. The van der Waals surface area contributed by atoms with E-state index in [1.165, 1.54) is 35.0 Å². The molecule has 13 aromatic rings. The van der Waals surface area contributed by atoms with Crippen LogP contribution in [0.25, 0.3) is 83.8 Å². The summed E-state index contributed by atoms with van der Waals surface area (Å²) in [4.78, 5) is 14.8. The normalized spacial score (nSPS) is 11.7. The van der Waals surface area contributed by atoms with Gasteiger partial charge in [-0.25, -0.2) is 23.7 Å². The second kappa shape index (κ2) is 15.2. The number of nitriles is 2. The van der Waals surface area contributed by atoms with Crippen LogP contribution >= 0.6 is 0 Å². The molecule has 0 N–H and O–H groups in total. The Hall–Kier alpha value is -9.39. The molecule has 0 unspecified atom stereocenters. The van der Waals surface area contributed by atoms with Gasteiger partial charge in [-0.3, -0.25) is 22.5 Å². The molecule has 66 heavy (non-hydrogen) atoms. The zero-order valence-corrected chi connectivity index (χ0v) is 34.8. The lowest BCUT2D eigenvalue weighted by molar-refractivity contribution is 0.506. The van der Waals surface area contributed by atoms with E-state index in [-0.39, 0.29) is 5.56 Å². The van der Waals surface area contributed by atoms with Crippen molar-refractivity contribution in [3.8, 4) is 29.2 Å². The second-order valence-corrected chi connectivity index (χ2v) is 15.8. The number of imidazole rings is 5. The Morgan fingerprint density at radius 3 is 1.50 bits per heavy atom. The minimum Gasteiger partial charge on any atom is -0.296 e. The quantitative estimate of drug-likeness (QED) is 0.172. The lowest BCUT2D eigenvalue weighted by Gasteiger charge is -2.15. The van der Waals surface area contributed by atoms with E-state index in [0.717, 1.165) is 90.9 Å². The van der Waals surface area contributed by atoms with E-state index in [2.05, 4.69) is 118 Å². The van der Waals surface area contributed by atoms with Gasteiger partial charge < -0.3 is 0 Å². The summed E-state index contributed by atoms with van der Waals surface area (Å²) < 4.78 is 35.6. The highest BCUT2D eigenvalue weighted by molar-refractivity contribution is 5.96. The zero-order chi connectivity index (χ0) is 44.5. The van der Waals surface area contributed by atoms with Crippen molar-refractivity contribution in [3.63, 3.8) is 0 Å². The predicted molar refractivity (Wildman–Crippen MR) is 252 cm³/mol. The van der Waals surface area contributed by atoms with E-state index < -0.39 is 11.6 Å². The number of halogens is 2. The number of nitrogens with zero attached hydrogens (tertiary/aromatic N) is 10. The SMILES string of the molecule is N#Cc1cccc(-n2c3ccccc3n3c4ccccc4nc23)c1-n1c2ccccc2n2c3ccccc3nc12.N#Cc1cccc(F)c1F.c1ccc2c(c1)Cc1nc3ccccc3n1-2. The summed E-state index contributed by atoms with van der Waals surface area (Å²) in [6.07, 6.45) is 0.949. The maximum absolute atomic E-state index is 12.4. The first kappa shape index (κ1) is 38.3. The van der Waals surface area contributed by atoms with Crippen molar-refractivity contribution in [3.05, 3.63) is 216 Å². The summed E-state index contributed by atoms with van der Waals surface area (Å²) >= 11 is 0. The van der Waals surface area contributed by atoms with Crippen LogP contribution < -0.4 is 0 Å². The van der Waals surface area contributed by atoms with Crippen LogP contribution in [0.3, 0.4) is 0 Å². The standard InChI is InChI=1S/C33H19N7.C14H10N2.C7H3F2N/c34-20-21-10-9-19-30(39-27-16-6-5-15-26(27)37-24-13-3-1-11-22(24)35-32(37)39)31(21)40-29-18-8-7-17-28(29)38-25-14-4-2-12-23(25)36-33(38)40;1-3-7-12-10(5-1)9-14-15-11-6-2-4-8-13(11)16(12)14;8-6-3-1-2-5(4-10)7(6)9/h1-19H;1-8H,9H2;1-3H. The van der Waals surface area contributed by atoms with Gasteiger partial charge in [-0.1, -0.05) is 91.0 Å². The fourth-order valence-corrected chi connectivity index (χ4v) is 9.30. The molecule has 0 bridgehead atoms. The van der Waals surface area contributed by atoms with E-state index in [4.69, 9.17) is 15.2 Å². The van der Waals surface area contributed by atoms with E-state index in [9.17, 15) is 14.0 Å². The van der Waals surface area contributed by atoms with Crippen molar-refractivity contribution >= 4 is 66.7 Å². The molecule has 0 atom stereocenters. The molecule has 1 aliphatic heterocycles. The van der Waals surface area contributed by atoms with E-state index >= 15 is 0 Å². The van der Waals surface area contributed by atoms with Gasteiger partial charge in [-0.15, -0.1) is 0 Å². The maximum atomic E-state index is 12.4. The Bertz CT molecular complexity index is 4170. The molecule has 12 heteroatoms. The molecule has 0 aliphatic carbocycles. The molecule has 0 saturated heterocycles. The van der Waals surface area contributed by atoms with Crippen LogP contribution in [-0.4, -0.2) is 37.5 Å². The zero-order valence-electron chi connectivity index (χ0n) is 34.8. The van der Waals surface area contributed by atoms with Gasteiger partial charge in [0.05, 0.1) is 83.4 Å². The summed E-state index contributed by atoms with van der Waals surface area (Å²) in [6.45, 7) is 0. The summed E-state index contributed by atoms with van der Waals surface area (Å²) in [7, 11) is 0. The summed E-state index contributed by atoms with van der Waals surface area (Å²) in [6, 6.07) is 63.1. The van der Waals surface area contributed by atoms with Crippen molar-refractivity contribution < 1.29 is 8.78 Å². The molecule has 1 aliphatic rings. The van der Waals surface area contributed by atoms with Crippen LogP contribution in [0.1, 0.15) is 22.5 Å². The third kappa shape index (κ3) is 5.79. The summed E-state index contributed by atoms with van der Waals surface area (Å²) in [5.74, 6) is 0.638. The molecule has 312 valence electrons. The van der Waals surface area contributed by atoms with E-state index in [0.29, 0.717) is 5.56 Å². The first-order chi connectivity index (χ1) is 32.5. The molecule has 0 radical (unpaired) electrons. The predicted octanol–water partition coefficient (Wildman–Crippen LogP) is 11.8. The van der Waals surface area contributed by atoms with Crippen molar-refractivity contribution in [1.82, 2.24) is 37.5 Å². The van der Waals surface area contributed by atoms with Crippen molar-refractivity contribution in [2.75, 3.05) is 0 Å².